The van der Waals surface area contributed by atoms with Crippen LogP contribution in [0.3, 0.4) is 0 Å². The molecule has 0 aliphatic rings. The Labute approximate surface area is 141 Å². The lowest BCUT2D eigenvalue weighted by Gasteiger charge is -2.16. The van der Waals surface area contributed by atoms with Gasteiger partial charge >= 0.3 is 0 Å². The monoisotopic (exact) mass is 329 g/mol. The summed E-state index contributed by atoms with van der Waals surface area (Å²) in [6.45, 7) is 3.66. The van der Waals surface area contributed by atoms with Crippen LogP contribution in [-0.2, 0) is 4.79 Å². The molecule has 0 bridgehead atoms. The Morgan fingerprint density at radius 2 is 1.70 bits per heavy atom. The largest absolute Gasteiger partial charge is 0.481 e. The van der Waals surface area contributed by atoms with E-state index in [9.17, 15) is 4.79 Å². The van der Waals surface area contributed by atoms with E-state index in [1.54, 1.807) is 6.92 Å². The highest BCUT2D eigenvalue weighted by atomic mass is 32.1. The van der Waals surface area contributed by atoms with Crippen LogP contribution in [0.1, 0.15) is 12.5 Å². The molecule has 2 aromatic rings. The predicted molar refractivity (Wildman–Crippen MR) is 95.2 cm³/mol. The van der Waals surface area contributed by atoms with Crippen molar-refractivity contribution in [3.05, 3.63) is 60.2 Å². The van der Waals surface area contributed by atoms with Gasteiger partial charge in [-0.2, -0.15) is 0 Å². The smallest absolute Gasteiger partial charge is 0.279 e. The van der Waals surface area contributed by atoms with E-state index in [1.807, 2.05) is 61.5 Å². The molecule has 1 atom stereocenters. The first-order valence-electron chi connectivity index (χ1n) is 7.20. The quantitative estimate of drug-likeness (QED) is 0.595. The van der Waals surface area contributed by atoms with Crippen molar-refractivity contribution in [2.24, 2.45) is 0 Å². The molecule has 2 rings (SSSR count). The van der Waals surface area contributed by atoms with Crippen molar-refractivity contribution in [2.45, 2.75) is 20.0 Å². The summed E-state index contributed by atoms with van der Waals surface area (Å²) in [7, 11) is 0. The molecule has 0 saturated carbocycles. The molecule has 0 saturated heterocycles. The maximum Gasteiger partial charge on any atom is 0.279 e. The second-order valence-electron chi connectivity index (χ2n) is 5.01. The third-order valence-electron chi connectivity index (χ3n) is 3.03. The van der Waals surface area contributed by atoms with Gasteiger partial charge in [0.05, 0.1) is 0 Å². The third kappa shape index (κ3) is 5.60. The summed E-state index contributed by atoms with van der Waals surface area (Å²) < 4.78 is 5.57. The van der Waals surface area contributed by atoms with Gasteiger partial charge in [-0.25, -0.2) is 0 Å². The van der Waals surface area contributed by atoms with Crippen LogP contribution in [0.2, 0.25) is 0 Å². The number of benzene rings is 2. The minimum absolute atomic E-state index is 0.298. The number of hydrogen-bond acceptors (Lipinski definition) is 3. The number of carbonyl (C=O) groups is 1. The van der Waals surface area contributed by atoms with Gasteiger partial charge < -0.3 is 10.1 Å². The Kier molecular flexibility index (Phi) is 5.94. The zero-order chi connectivity index (χ0) is 16.7. The number of aryl methyl sites for hydroxylation is 1. The number of carbonyl (C=O) groups excluding carboxylic acids is 1. The lowest BCUT2D eigenvalue weighted by Crippen LogP contribution is -2.48. The highest BCUT2D eigenvalue weighted by Gasteiger charge is 2.14. The van der Waals surface area contributed by atoms with Crippen LogP contribution in [0.4, 0.5) is 5.69 Å². The summed E-state index contributed by atoms with van der Waals surface area (Å²) in [5, 5.41) is 3.26. The van der Waals surface area contributed by atoms with Crippen LogP contribution in [0.25, 0.3) is 0 Å². The van der Waals surface area contributed by atoms with E-state index < -0.39 is 6.10 Å². The van der Waals surface area contributed by atoms with Gasteiger partial charge in [-0.1, -0.05) is 35.9 Å². The minimum atomic E-state index is -0.648. The summed E-state index contributed by atoms with van der Waals surface area (Å²) in [6.07, 6.45) is -0.648. The number of rotatable bonds is 4. The van der Waals surface area contributed by atoms with Crippen molar-refractivity contribution in [3.63, 3.8) is 0 Å². The highest BCUT2D eigenvalue weighted by molar-refractivity contribution is 7.80. The fraction of sp³-hybridized carbons (Fsp3) is 0.176. The van der Waals surface area contributed by atoms with Gasteiger partial charge in [-0.15, -0.1) is 0 Å². The van der Waals surface area contributed by atoms with Gasteiger partial charge in [0.15, 0.2) is 11.2 Å². The van der Waals surface area contributed by atoms with E-state index in [2.05, 4.69) is 16.2 Å². The number of anilines is 1. The van der Waals surface area contributed by atoms with Crippen molar-refractivity contribution in [1.82, 2.24) is 10.9 Å². The van der Waals surface area contributed by atoms with Crippen LogP contribution >= 0.6 is 12.2 Å². The van der Waals surface area contributed by atoms with E-state index in [4.69, 9.17) is 17.0 Å². The van der Waals surface area contributed by atoms with Crippen molar-refractivity contribution in [1.29, 1.82) is 0 Å². The molecule has 0 spiro atoms. The summed E-state index contributed by atoms with van der Waals surface area (Å²) in [5.74, 6) is 0.325. The minimum Gasteiger partial charge on any atom is -0.481 e. The van der Waals surface area contributed by atoms with Crippen molar-refractivity contribution >= 4 is 28.9 Å². The molecule has 2 aromatic carbocycles. The van der Waals surface area contributed by atoms with Crippen LogP contribution < -0.4 is 20.9 Å². The average molecular weight is 329 g/mol. The summed E-state index contributed by atoms with van der Waals surface area (Å²) in [4.78, 5) is 12.0. The fourth-order valence-corrected chi connectivity index (χ4v) is 1.95. The number of thiocarbonyl (C=S) groups is 1. The lowest BCUT2D eigenvalue weighted by atomic mass is 10.2. The van der Waals surface area contributed by atoms with E-state index in [1.165, 1.54) is 0 Å². The molecular formula is C17H19N3O2S. The number of para-hydroxylation sites is 1. The summed E-state index contributed by atoms with van der Waals surface area (Å²) >= 11 is 5.11. The molecular weight excluding hydrogens is 310 g/mol. The summed E-state index contributed by atoms with van der Waals surface area (Å²) in [5.41, 5.74) is 7.13. The first-order valence-corrected chi connectivity index (χ1v) is 7.60. The zero-order valence-corrected chi connectivity index (χ0v) is 13.8. The number of amides is 1. The molecule has 120 valence electrons. The summed E-state index contributed by atoms with van der Waals surface area (Å²) in [6, 6.07) is 16.9. The van der Waals surface area contributed by atoms with Gasteiger partial charge in [-0.3, -0.25) is 15.6 Å². The molecule has 1 amide bonds. The highest BCUT2D eigenvalue weighted by Crippen LogP contribution is 2.13. The molecule has 0 aliphatic heterocycles. The maximum absolute atomic E-state index is 12.0. The Balaban J connectivity index is 1.77. The Morgan fingerprint density at radius 1 is 1.04 bits per heavy atom. The molecule has 23 heavy (non-hydrogen) atoms. The van der Waals surface area contributed by atoms with E-state index >= 15 is 0 Å². The van der Waals surface area contributed by atoms with E-state index in [0.29, 0.717) is 10.9 Å². The van der Waals surface area contributed by atoms with Gasteiger partial charge in [0.25, 0.3) is 5.91 Å². The molecule has 0 aromatic heterocycles. The SMILES string of the molecule is Cc1ccc(O[C@H](C)C(=O)NNC(=S)Nc2ccccc2)cc1. The topological polar surface area (TPSA) is 62.4 Å². The Hall–Kier alpha value is -2.60. The normalized spacial score (nSPS) is 11.2. The Bertz CT molecular complexity index is 659. The van der Waals surface area contributed by atoms with Crippen LogP contribution in [0.5, 0.6) is 5.75 Å². The van der Waals surface area contributed by atoms with Crippen LogP contribution in [0.15, 0.2) is 54.6 Å². The van der Waals surface area contributed by atoms with Gasteiger partial charge in [0.2, 0.25) is 0 Å². The van der Waals surface area contributed by atoms with E-state index in [0.717, 1.165) is 11.3 Å². The van der Waals surface area contributed by atoms with Gasteiger partial charge in [-0.05, 0) is 50.3 Å². The van der Waals surface area contributed by atoms with E-state index in [-0.39, 0.29) is 5.91 Å². The van der Waals surface area contributed by atoms with Crippen LogP contribution in [0, 0.1) is 6.92 Å². The zero-order valence-electron chi connectivity index (χ0n) is 13.0. The molecule has 0 fully saturated rings. The molecule has 0 aliphatic carbocycles. The van der Waals surface area contributed by atoms with Gasteiger partial charge in [0.1, 0.15) is 5.75 Å². The fourth-order valence-electron chi connectivity index (χ4n) is 1.78. The standard InChI is InChI=1S/C17H19N3O2S/c1-12-8-10-15(11-9-12)22-13(2)16(21)19-20-17(23)18-14-6-4-3-5-7-14/h3-11,13H,1-2H3,(H,19,21)(H2,18,20,23)/t13-/m1/s1. The Morgan fingerprint density at radius 3 is 2.35 bits per heavy atom. The number of ether oxygens (including phenoxy) is 1. The first-order chi connectivity index (χ1) is 11.0. The lowest BCUT2D eigenvalue weighted by molar-refractivity contribution is -0.127. The molecule has 3 N–H and O–H groups in total. The second-order valence-corrected chi connectivity index (χ2v) is 5.42. The average Bonchev–Trinajstić information content (AvgIpc) is 2.55. The van der Waals surface area contributed by atoms with Crippen molar-refractivity contribution in [3.8, 4) is 5.75 Å². The number of nitrogens with one attached hydrogen (secondary N) is 3. The van der Waals surface area contributed by atoms with Crippen LogP contribution in [-0.4, -0.2) is 17.1 Å². The first kappa shape index (κ1) is 16.8. The molecule has 0 radical (unpaired) electrons. The number of hydrogen-bond donors (Lipinski definition) is 3. The maximum atomic E-state index is 12.0. The molecule has 5 nitrogen and oxygen atoms in total. The molecule has 0 unspecified atom stereocenters. The predicted octanol–water partition coefficient (Wildman–Crippen LogP) is 2.78. The van der Waals surface area contributed by atoms with Gasteiger partial charge in [0, 0.05) is 5.69 Å². The molecule has 6 heteroatoms. The second kappa shape index (κ2) is 8.14. The van der Waals surface area contributed by atoms with Crippen molar-refractivity contribution < 1.29 is 9.53 Å². The third-order valence-corrected chi connectivity index (χ3v) is 3.24. The number of hydrazine groups is 1. The molecule has 0 heterocycles. The van der Waals surface area contributed by atoms with Crippen molar-refractivity contribution in [2.75, 3.05) is 5.32 Å².